The first-order chi connectivity index (χ1) is 9.66. The fraction of sp³-hybridized carbons (Fsp3) is 0.688. The molecule has 0 radical (unpaired) electrons. The Morgan fingerprint density at radius 2 is 2.10 bits per heavy atom. The van der Waals surface area contributed by atoms with Crippen LogP contribution < -0.4 is 0 Å². The highest BCUT2D eigenvalue weighted by Gasteiger charge is 2.39. The van der Waals surface area contributed by atoms with Crippen LogP contribution in [0.25, 0.3) is 0 Å². The van der Waals surface area contributed by atoms with E-state index in [1.807, 2.05) is 17.9 Å². The van der Waals surface area contributed by atoms with Gasteiger partial charge in [0.15, 0.2) is 5.76 Å². The van der Waals surface area contributed by atoms with E-state index in [1.165, 1.54) is 0 Å². The fourth-order valence-corrected chi connectivity index (χ4v) is 3.76. The van der Waals surface area contributed by atoms with Gasteiger partial charge in [0.25, 0.3) is 5.91 Å². The summed E-state index contributed by atoms with van der Waals surface area (Å²) in [6.07, 6.45) is 5.94. The van der Waals surface area contributed by atoms with Crippen LogP contribution in [0.2, 0.25) is 0 Å². The lowest BCUT2D eigenvalue weighted by molar-refractivity contribution is 0.0265. The first-order valence-electron chi connectivity index (χ1n) is 7.72. The number of hydrogen-bond acceptors (Lipinski definition) is 3. The SMILES string of the molecule is Cc1ccc(C(=O)N2CCCCC2C2CCCC2O)o1. The van der Waals surface area contributed by atoms with Crippen LogP contribution in [0.5, 0.6) is 0 Å². The zero-order valence-electron chi connectivity index (χ0n) is 12.0. The Morgan fingerprint density at radius 1 is 1.25 bits per heavy atom. The summed E-state index contributed by atoms with van der Waals surface area (Å²) in [5, 5.41) is 10.2. The van der Waals surface area contributed by atoms with Gasteiger partial charge in [0.05, 0.1) is 6.10 Å². The molecule has 3 unspecified atom stereocenters. The van der Waals surface area contributed by atoms with E-state index < -0.39 is 0 Å². The normalized spacial score (nSPS) is 30.7. The van der Waals surface area contributed by atoms with Crippen molar-refractivity contribution in [2.24, 2.45) is 5.92 Å². The van der Waals surface area contributed by atoms with E-state index in [1.54, 1.807) is 6.07 Å². The third-order valence-corrected chi connectivity index (χ3v) is 4.79. The first kappa shape index (κ1) is 13.7. The zero-order valence-corrected chi connectivity index (χ0v) is 12.0. The summed E-state index contributed by atoms with van der Waals surface area (Å²) < 4.78 is 5.48. The molecule has 3 rings (SSSR count). The monoisotopic (exact) mass is 277 g/mol. The van der Waals surface area contributed by atoms with E-state index in [-0.39, 0.29) is 24.0 Å². The van der Waals surface area contributed by atoms with Gasteiger partial charge < -0.3 is 14.4 Å². The van der Waals surface area contributed by atoms with Crippen molar-refractivity contribution in [3.63, 3.8) is 0 Å². The smallest absolute Gasteiger partial charge is 0.289 e. The molecule has 20 heavy (non-hydrogen) atoms. The van der Waals surface area contributed by atoms with Crippen molar-refractivity contribution in [1.29, 1.82) is 0 Å². The number of carbonyl (C=O) groups is 1. The van der Waals surface area contributed by atoms with E-state index >= 15 is 0 Å². The van der Waals surface area contributed by atoms with Gasteiger partial charge in [0.1, 0.15) is 5.76 Å². The molecule has 1 aliphatic heterocycles. The number of piperidine rings is 1. The lowest BCUT2D eigenvalue weighted by Gasteiger charge is -2.40. The predicted molar refractivity (Wildman–Crippen MR) is 75.5 cm³/mol. The van der Waals surface area contributed by atoms with Gasteiger partial charge in [-0.1, -0.05) is 6.42 Å². The average Bonchev–Trinajstić information content (AvgIpc) is 3.07. The Kier molecular flexibility index (Phi) is 3.83. The predicted octanol–water partition coefficient (Wildman–Crippen LogP) is 2.74. The van der Waals surface area contributed by atoms with Gasteiger partial charge in [-0.2, -0.15) is 0 Å². The Bertz CT molecular complexity index is 482. The highest BCUT2D eigenvalue weighted by Crippen LogP contribution is 2.35. The minimum absolute atomic E-state index is 0.0121. The number of aryl methyl sites for hydroxylation is 1. The average molecular weight is 277 g/mol. The molecule has 4 heteroatoms. The molecule has 0 aromatic carbocycles. The van der Waals surface area contributed by atoms with Crippen LogP contribution in [-0.4, -0.2) is 34.6 Å². The summed E-state index contributed by atoms with van der Waals surface area (Å²) in [5.41, 5.74) is 0. The molecule has 4 nitrogen and oxygen atoms in total. The van der Waals surface area contributed by atoms with E-state index in [4.69, 9.17) is 4.42 Å². The molecule has 1 amide bonds. The van der Waals surface area contributed by atoms with Gasteiger partial charge in [0, 0.05) is 18.5 Å². The summed E-state index contributed by atoms with van der Waals surface area (Å²) in [7, 11) is 0. The summed E-state index contributed by atoms with van der Waals surface area (Å²) in [4.78, 5) is 14.6. The number of aliphatic hydroxyl groups excluding tert-OH is 1. The quantitative estimate of drug-likeness (QED) is 0.904. The maximum atomic E-state index is 12.6. The van der Waals surface area contributed by atoms with Crippen molar-refractivity contribution < 1.29 is 14.3 Å². The maximum Gasteiger partial charge on any atom is 0.289 e. The highest BCUT2D eigenvalue weighted by molar-refractivity contribution is 5.91. The lowest BCUT2D eigenvalue weighted by Crippen LogP contribution is -2.49. The number of furan rings is 1. The number of aliphatic hydroxyl groups is 1. The second kappa shape index (κ2) is 5.60. The van der Waals surface area contributed by atoms with Gasteiger partial charge in [-0.15, -0.1) is 0 Å². The van der Waals surface area contributed by atoms with Crippen molar-refractivity contribution in [3.8, 4) is 0 Å². The molecule has 1 aromatic heterocycles. The van der Waals surface area contributed by atoms with Crippen LogP contribution in [0.15, 0.2) is 16.5 Å². The van der Waals surface area contributed by atoms with E-state index in [2.05, 4.69) is 0 Å². The zero-order chi connectivity index (χ0) is 14.1. The van der Waals surface area contributed by atoms with Gasteiger partial charge in [0.2, 0.25) is 0 Å². The van der Waals surface area contributed by atoms with E-state index in [0.717, 1.165) is 50.8 Å². The largest absolute Gasteiger partial charge is 0.456 e. The molecule has 2 fully saturated rings. The number of nitrogens with zero attached hydrogens (tertiary/aromatic N) is 1. The van der Waals surface area contributed by atoms with Crippen molar-refractivity contribution in [3.05, 3.63) is 23.7 Å². The minimum atomic E-state index is -0.244. The van der Waals surface area contributed by atoms with Gasteiger partial charge >= 0.3 is 0 Å². The molecule has 0 spiro atoms. The molecule has 1 N–H and O–H groups in total. The van der Waals surface area contributed by atoms with Gasteiger partial charge in [-0.25, -0.2) is 0 Å². The molecule has 1 aliphatic carbocycles. The second-order valence-electron chi connectivity index (χ2n) is 6.13. The Labute approximate surface area is 119 Å². The van der Waals surface area contributed by atoms with Crippen LogP contribution in [-0.2, 0) is 0 Å². The highest BCUT2D eigenvalue weighted by atomic mass is 16.3. The van der Waals surface area contributed by atoms with Gasteiger partial charge in [-0.3, -0.25) is 4.79 Å². The molecule has 1 saturated heterocycles. The van der Waals surface area contributed by atoms with Crippen LogP contribution in [0, 0.1) is 12.8 Å². The first-order valence-corrected chi connectivity index (χ1v) is 7.72. The summed E-state index contributed by atoms with van der Waals surface area (Å²) in [6, 6.07) is 3.77. The Hall–Kier alpha value is -1.29. The summed E-state index contributed by atoms with van der Waals surface area (Å²) in [5.74, 6) is 1.43. The van der Waals surface area contributed by atoms with E-state index in [9.17, 15) is 9.90 Å². The molecule has 2 heterocycles. The number of rotatable bonds is 2. The summed E-state index contributed by atoms with van der Waals surface area (Å²) in [6.45, 7) is 2.64. The van der Waals surface area contributed by atoms with Crippen molar-refractivity contribution in [2.45, 2.75) is 57.6 Å². The minimum Gasteiger partial charge on any atom is -0.456 e. The topological polar surface area (TPSA) is 53.7 Å². The number of amides is 1. The van der Waals surface area contributed by atoms with Crippen molar-refractivity contribution in [1.82, 2.24) is 4.90 Å². The van der Waals surface area contributed by atoms with Crippen LogP contribution >= 0.6 is 0 Å². The van der Waals surface area contributed by atoms with Crippen LogP contribution in [0.4, 0.5) is 0 Å². The number of carbonyl (C=O) groups excluding carboxylic acids is 1. The molecule has 1 aromatic rings. The number of likely N-dealkylation sites (tertiary alicyclic amines) is 1. The van der Waals surface area contributed by atoms with E-state index in [0.29, 0.717) is 5.76 Å². The number of hydrogen-bond donors (Lipinski definition) is 1. The standard InChI is InChI=1S/C16H23NO3/c1-11-8-9-15(20-11)16(19)17-10-3-2-6-13(17)12-5-4-7-14(12)18/h8-9,12-14,18H,2-7,10H2,1H3. The van der Waals surface area contributed by atoms with Crippen LogP contribution in [0.3, 0.4) is 0 Å². The molecular formula is C16H23NO3. The second-order valence-corrected chi connectivity index (χ2v) is 6.13. The van der Waals surface area contributed by atoms with Crippen LogP contribution in [0.1, 0.15) is 54.8 Å². The molecule has 0 bridgehead atoms. The van der Waals surface area contributed by atoms with Crippen molar-refractivity contribution in [2.75, 3.05) is 6.54 Å². The molecule has 1 saturated carbocycles. The summed E-state index contributed by atoms with van der Waals surface area (Å²) >= 11 is 0. The molecule has 3 atom stereocenters. The lowest BCUT2D eigenvalue weighted by atomic mass is 9.87. The Balaban J connectivity index is 1.79. The molecule has 2 aliphatic rings. The van der Waals surface area contributed by atoms with Crippen molar-refractivity contribution >= 4 is 5.91 Å². The Morgan fingerprint density at radius 3 is 2.75 bits per heavy atom. The third kappa shape index (κ3) is 2.49. The molecule has 110 valence electrons. The third-order valence-electron chi connectivity index (χ3n) is 4.79. The maximum absolute atomic E-state index is 12.6. The van der Waals surface area contributed by atoms with Gasteiger partial charge in [-0.05, 0) is 51.2 Å². The molecular weight excluding hydrogens is 254 g/mol. The fourth-order valence-electron chi connectivity index (χ4n) is 3.76.